The summed E-state index contributed by atoms with van der Waals surface area (Å²) in [6.45, 7) is 2.76. The second-order valence-electron chi connectivity index (χ2n) is 8.90. The fourth-order valence-corrected chi connectivity index (χ4v) is 4.87. The fourth-order valence-electron chi connectivity index (χ4n) is 4.43. The maximum Gasteiger partial charge on any atom is 0.273 e. The molecule has 1 N–H and O–H groups in total. The highest BCUT2D eigenvalue weighted by Crippen LogP contribution is 2.32. The lowest BCUT2D eigenvalue weighted by Gasteiger charge is -2.43. The summed E-state index contributed by atoms with van der Waals surface area (Å²) in [4.78, 5) is 29.1. The molecule has 1 aromatic heterocycles. The molecule has 5 rings (SSSR count). The van der Waals surface area contributed by atoms with Gasteiger partial charge in [-0.3, -0.25) is 14.3 Å². The number of hydrogen-bond donors (Lipinski definition) is 1. The van der Waals surface area contributed by atoms with E-state index in [1.165, 1.54) is 0 Å². The van der Waals surface area contributed by atoms with Crippen LogP contribution in [0.2, 0.25) is 0 Å². The van der Waals surface area contributed by atoms with E-state index in [4.69, 9.17) is 5.10 Å². The Hall–Kier alpha value is -3.71. The zero-order chi connectivity index (χ0) is 24.4. The van der Waals surface area contributed by atoms with E-state index in [-0.39, 0.29) is 18.4 Å². The van der Waals surface area contributed by atoms with Gasteiger partial charge in [-0.2, -0.15) is 5.10 Å². The van der Waals surface area contributed by atoms with E-state index >= 15 is 0 Å². The first-order valence-electron chi connectivity index (χ1n) is 11.5. The maximum atomic E-state index is 13.8. The van der Waals surface area contributed by atoms with E-state index in [0.717, 1.165) is 21.2 Å². The number of benzene rings is 3. The van der Waals surface area contributed by atoms with Crippen molar-refractivity contribution in [3.63, 3.8) is 0 Å². The molecule has 176 valence electrons. The number of carbonyl (C=O) groups excluding carboxylic acids is 2. The quantitative estimate of drug-likeness (QED) is 0.381. The van der Waals surface area contributed by atoms with E-state index in [2.05, 4.69) is 21.2 Å². The summed E-state index contributed by atoms with van der Waals surface area (Å²) in [7, 11) is 0. The van der Waals surface area contributed by atoms with Crippen molar-refractivity contribution in [1.82, 2.24) is 20.0 Å². The van der Waals surface area contributed by atoms with Crippen molar-refractivity contribution in [2.45, 2.75) is 32.1 Å². The smallest absolute Gasteiger partial charge is 0.273 e. The molecule has 1 aliphatic rings. The number of nitrogens with zero attached hydrogens (tertiary/aromatic N) is 3. The molecule has 0 radical (unpaired) electrons. The van der Waals surface area contributed by atoms with Gasteiger partial charge in [-0.15, -0.1) is 0 Å². The number of amides is 2. The number of aromatic nitrogens is 2. The molecule has 1 aliphatic heterocycles. The number of nitrogens with one attached hydrogen (secondary N) is 1. The van der Waals surface area contributed by atoms with Crippen molar-refractivity contribution in [2.24, 2.45) is 0 Å². The van der Waals surface area contributed by atoms with Crippen molar-refractivity contribution in [3.05, 3.63) is 112 Å². The first-order valence-corrected chi connectivity index (χ1v) is 12.3. The monoisotopic (exact) mass is 528 g/mol. The van der Waals surface area contributed by atoms with Crippen LogP contribution in [0.1, 0.15) is 28.5 Å². The predicted molar refractivity (Wildman–Crippen MR) is 138 cm³/mol. The van der Waals surface area contributed by atoms with Crippen molar-refractivity contribution >= 4 is 27.7 Å². The lowest BCUT2D eigenvalue weighted by molar-refractivity contribution is -0.133. The number of fused-ring (bicyclic) bond motifs is 1. The van der Waals surface area contributed by atoms with Crippen LogP contribution >= 0.6 is 15.9 Å². The number of rotatable bonds is 6. The van der Waals surface area contributed by atoms with Crippen LogP contribution in [0.15, 0.2) is 95.5 Å². The lowest BCUT2D eigenvalue weighted by Crippen LogP contribution is -2.63. The topological polar surface area (TPSA) is 67.2 Å². The highest BCUT2D eigenvalue weighted by molar-refractivity contribution is 9.10. The Labute approximate surface area is 212 Å². The summed E-state index contributed by atoms with van der Waals surface area (Å²) in [5, 5.41) is 7.75. The SMILES string of the molecule is C[C@]1(C(=O)NCc2ccccc2)Cn2nc(-c3ccccc3)cc2C(=O)N1Cc1cccc(Br)c1. The normalized spacial score (nSPS) is 17.2. The molecule has 35 heavy (non-hydrogen) atoms. The molecule has 6 nitrogen and oxygen atoms in total. The van der Waals surface area contributed by atoms with E-state index in [9.17, 15) is 9.59 Å². The Bertz CT molecular complexity index is 1370. The van der Waals surface area contributed by atoms with Gasteiger partial charge < -0.3 is 10.2 Å². The molecule has 2 heterocycles. The predicted octanol–water partition coefficient (Wildman–Crippen LogP) is 5.04. The second kappa shape index (κ2) is 9.50. The Morgan fingerprint density at radius 3 is 2.37 bits per heavy atom. The average molecular weight is 529 g/mol. The molecule has 0 fully saturated rings. The third kappa shape index (κ3) is 4.64. The van der Waals surface area contributed by atoms with Gasteiger partial charge >= 0.3 is 0 Å². The minimum absolute atomic E-state index is 0.216. The summed E-state index contributed by atoms with van der Waals surface area (Å²) in [5.41, 5.74) is 2.93. The van der Waals surface area contributed by atoms with Crippen LogP contribution < -0.4 is 5.32 Å². The molecular formula is C28H25BrN4O2. The van der Waals surface area contributed by atoms with E-state index < -0.39 is 5.54 Å². The van der Waals surface area contributed by atoms with Crippen LogP contribution in [0.5, 0.6) is 0 Å². The third-order valence-corrected chi connectivity index (χ3v) is 6.88. The highest BCUT2D eigenvalue weighted by atomic mass is 79.9. The van der Waals surface area contributed by atoms with Gasteiger partial charge in [0.25, 0.3) is 5.91 Å². The molecule has 0 bridgehead atoms. The van der Waals surface area contributed by atoms with E-state index in [1.54, 1.807) is 9.58 Å². The zero-order valence-corrected chi connectivity index (χ0v) is 20.9. The molecule has 0 saturated heterocycles. The number of hydrogen-bond acceptors (Lipinski definition) is 3. The standard InChI is InChI=1S/C28H25BrN4O2/c1-28(27(35)30-17-20-9-4-2-5-10-20)19-33-25(16-24(31-33)22-12-6-3-7-13-22)26(34)32(28)18-21-11-8-14-23(29)15-21/h2-16H,17-19H2,1H3,(H,30,35)/t28-/m1/s1. The Kier molecular flexibility index (Phi) is 6.26. The van der Waals surface area contributed by atoms with Gasteiger partial charge in [0.05, 0.1) is 12.2 Å². The van der Waals surface area contributed by atoms with E-state index in [0.29, 0.717) is 24.5 Å². The van der Waals surface area contributed by atoms with Crippen LogP contribution in [0.4, 0.5) is 0 Å². The van der Waals surface area contributed by atoms with Gasteiger partial charge in [0, 0.05) is 23.1 Å². The minimum atomic E-state index is -1.12. The highest BCUT2D eigenvalue weighted by Gasteiger charge is 2.48. The van der Waals surface area contributed by atoms with Gasteiger partial charge in [-0.1, -0.05) is 88.7 Å². The molecule has 3 aromatic carbocycles. The number of carbonyl (C=O) groups is 2. The van der Waals surface area contributed by atoms with E-state index in [1.807, 2.05) is 97.9 Å². The largest absolute Gasteiger partial charge is 0.350 e. The van der Waals surface area contributed by atoms with Crippen LogP contribution in [0, 0.1) is 0 Å². The Morgan fingerprint density at radius 1 is 0.971 bits per heavy atom. The summed E-state index contributed by atoms with van der Waals surface area (Å²) in [5.74, 6) is -0.435. The molecule has 4 aromatic rings. The summed E-state index contributed by atoms with van der Waals surface area (Å²) in [6.07, 6.45) is 0. The first-order chi connectivity index (χ1) is 16.9. The van der Waals surface area contributed by atoms with Crippen LogP contribution in [0.3, 0.4) is 0 Å². The minimum Gasteiger partial charge on any atom is -0.350 e. The summed E-state index contributed by atoms with van der Waals surface area (Å²) >= 11 is 3.51. The first kappa shape index (κ1) is 23.1. The molecule has 7 heteroatoms. The van der Waals surface area contributed by atoms with Crippen LogP contribution in [-0.4, -0.2) is 32.0 Å². The molecule has 0 unspecified atom stereocenters. The van der Waals surface area contributed by atoms with Gasteiger partial charge in [0.15, 0.2) is 0 Å². The molecule has 0 aliphatic carbocycles. The fraction of sp³-hybridized carbons (Fsp3) is 0.179. The van der Waals surface area contributed by atoms with Gasteiger partial charge in [0.2, 0.25) is 5.91 Å². The van der Waals surface area contributed by atoms with Crippen LogP contribution in [0.25, 0.3) is 11.3 Å². The zero-order valence-electron chi connectivity index (χ0n) is 19.3. The second-order valence-corrected chi connectivity index (χ2v) is 9.82. The summed E-state index contributed by atoms with van der Waals surface area (Å²) < 4.78 is 2.59. The van der Waals surface area contributed by atoms with Crippen molar-refractivity contribution in [2.75, 3.05) is 0 Å². The molecule has 2 amide bonds. The molecule has 0 spiro atoms. The average Bonchev–Trinajstić information content (AvgIpc) is 3.30. The molecular weight excluding hydrogens is 504 g/mol. The van der Waals surface area contributed by atoms with Gasteiger partial charge in [-0.05, 0) is 36.2 Å². The van der Waals surface area contributed by atoms with Crippen molar-refractivity contribution in [1.29, 1.82) is 0 Å². The Balaban J connectivity index is 1.50. The van der Waals surface area contributed by atoms with Crippen LogP contribution in [-0.2, 0) is 24.4 Å². The maximum absolute atomic E-state index is 13.8. The molecule has 1 atom stereocenters. The Morgan fingerprint density at radius 2 is 1.66 bits per heavy atom. The third-order valence-electron chi connectivity index (χ3n) is 6.38. The van der Waals surface area contributed by atoms with Crippen molar-refractivity contribution in [3.8, 4) is 11.3 Å². The summed E-state index contributed by atoms with van der Waals surface area (Å²) in [6, 6.07) is 29.1. The lowest BCUT2D eigenvalue weighted by atomic mass is 9.94. The number of halogens is 1. The van der Waals surface area contributed by atoms with Crippen molar-refractivity contribution < 1.29 is 9.59 Å². The van der Waals surface area contributed by atoms with Gasteiger partial charge in [-0.25, -0.2) is 0 Å². The van der Waals surface area contributed by atoms with Gasteiger partial charge in [0.1, 0.15) is 11.2 Å². The molecule has 0 saturated carbocycles.